The highest BCUT2D eigenvalue weighted by atomic mass is 16.5. The molecule has 0 saturated carbocycles. The summed E-state index contributed by atoms with van der Waals surface area (Å²) < 4.78 is 4.54. The van der Waals surface area contributed by atoms with Gasteiger partial charge in [-0.05, 0) is 17.2 Å². The molecular formula is C12H12O6. The van der Waals surface area contributed by atoms with Crippen LogP contribution < -0.4 is 0 Å². The first kappa shape index (κ1) is 13.7. The second-order valence-corrected chi connectivity index (χ2v) is 3.62. The van der Waals surface area contributed by atoms with Gasteiger partial charge in [0.25, 0.3) is 0 Å². The summed E-state index contributed by atoms with van der Waals surface area (Å²) in [5, 5.41) is 17.4. The van der Waals surface area contributed by atoms with Crippen LogP contribution in [-0.2, 0) is 27.2 Å². The van der Waals surface area contributed by atoms with Gasteiger partial charge in [-0.25, -0.2) is 4.79 Å². The Morgan fingerprint density at radius 2 is 1.72 bits per heavy atom. The van der Waals surface area contributed by atoms with E-state index in [4.69, 9.17) is 10.2 Å². The largest absolute Gasteiger partial charge is 0.481 e. The average molecular weight is 252 g/mol. The van der Waals surface area contributed by atoms with Gasteiger partial charge in [0, 0.05) is 0 Å². The third kappa shape index (κ3) is 3.58. The zero-order valence-electron chi connectivity index (χ0n) is 9.67. The summed E-state index contributed by atoms with van der Waals surface area (Å²) in [7, 11) is 1.18. The van der Waals surface area contributed by atoms with Crippen LogP contribution in [0.4, 0.5) is 0 Å². The van der Waals surface area contributed by atoms with Crippen molar-refractivity contribution >= 4 is 17.9 Å². The molecule has 96 valence electrons. The first-order valence-corrected chi connectivity index (χ1v) is 5.07. The fourth-order valence-corrected chi connectivity index (χ4v) is 1.53. The molecule has 0 aliphatic carbocycles. The van der Waals surface area contributed by atoms with E-state index in [1.54, 1.807) is 0 Å². The Hall–Kier alpha value is -2.37. The van der Waals surface area contributed by atoms with Crippen LogP contribution in [0, 0.1) is 0 Å². The van der Waals surface area contributed by atoms with Gasteiger partial charge in [-0.3, -0.25) is 9.59 Å². The van der Waals surface area contributed by atoms with Gasteiger partial charge >= 0.3 is 17.9 Å². The molecule has 0 spiro atoms. The Labute approximate surface area is 103 Å². The molecule has 0 saturated heterocycles. The van der Waals surface area contributed by atoms with Crippen molar-refractivity contribution in [2.45, 2.75) is 12.8 Å². The molecule has 1 aromatic rings. The highest BCUT2D eigenvalue weighted by molar-refractivity contribution is 5.92. The monoisotopic (exact) mass is 252 g/mol. The van der Waals surface area contributed by atoms with E-state index in [1.807, 2.05) is 0 Å². The minimum absolute atomic E-state index is 0.0821. The van der Waals surface area contributed by atoms with Crippen molar-refractivity contribution in [3.63, 3.8) is 0 Å². The molecule has 0 atom stereocenters. The Balaban J connectivity index is 3.15. The number of benzene rings is 1. The summed E-state index contributed by atoms with van der Waals surface area (Å²) in [6.45, 7) is 0. The van der Waals surface area contributed by atoms with Crippen molar-refractivity contribution in [1.82, 2.24) is 0 Å². The highest BCUT2D eigenvalue weighted by Gasteiger charge is 2.15. The van der Waals surface area contributed by atoms with Gasteiger partial charge in [0.1, 0.15) is 0 Å². The van der Waals surface area contributed by atoms with Gasteiger partial charge in [0.2, 0.25) is 0 Å². The predicted octanol–water partition coefficient (Wildman–Crippen LogP) is 0.727. The van der Waals surface area contributed by atoms with Crippen molar-refractivity contribution in [3.8, 4) is 0 Å². The molecule has 0 heterocycles. The Bertz CT molecular complexity index is 491. The number of esters is 1. The van der Waals surface area contributed by atoms with Crippen molar-refractivity contribution < 1.29 is 29.3 Å². The summed E-state index contributed by atoms with van der Waals surface area (Å²) in [4.78, 5) is 32.7. The topological polar surface area (TPSA) is 101 Å². The molecule has 0 fully saturated rings. The van der Waals surface area contributed by atoms with Crippen LogP contribution in [0.2, 0.25) is 0 Å². The van der Waals surface area contributed by atoms with E-state index in [1.165, 1.54) is 25.3 Å². The molecule has 0 unspecified atom stereocenters. The number of aliphatic carboxylic acids is 2. The Morgan fingerprint density at radius 3 is 2.22 bits per heavy atom. The van der Waals surface area contributed by atoms with Gasteiger partial charge in [-0.15, -0.1) is 0 Å². The molecule has 0 aromatic heterocycles. The van der Waals surface area contributed by atoms with Crippen LogP contribution in [0.5, 0.6) is 0 Å². The quantitative estimate of drug-likeness (QED) is 0.749. The second kappa shape index (κ2) is 5.81. The number of carboxylic acids is 2. The van der Waals surface area contributed by atoms with E-state index in [0.717, 1.165) is 0 Å². The minimum Gasteiger partial charge on any atom is -0.481 e. The zero-order chi connectivity index (χ0) is 13.7. The highest BCUT2D eigenvalue weighted by Crippen LogP contribution is 2.15. The van der Waals surface area contributed by atoms with Crippen LogP contribution >= 0.6 is 0 Å². The molecule has 1 aromatic carbocycles. The summed E-state index contributed by atoms with van der Waals surface area (Å²) >= 11 is 0. The van der Waals surface area contributed by atoms with Gasteiger partial charge in [0.15, 0.2) is 0 Å². The number of methoxy groups -OCH3 is 1. The van der Waals surface area contributed by atoms with Crippen molar-refractivity contribution in [1.29, 1.82) is 0 Å². The fraction of sp³-hybridized carbons (Fsp3) is 0.250. The average Bonchev–Trinajstić information content (AvgIpc) is 2.28. The molecule has 6 nitrogen and oxygen atoms in total. The maximum atomic E-state index is 11.5. The van der Waals surface area contributed by atoms with Crippen molar-refractivity contribution in [2.75, 3.05) is 7.11 Å². The summed E-state index contributed by atoms with van der Waals surface area (Å²) in [6.07, 6.45) is -0.560. The van der Waals surface area contributed by atoms with Crippen molar-refractivity contribution in [2.24, 2.45) is 0 Å². The van der Waals surface area contributed by atoms with Gasteiger partial charge in [-0.1, -0.05) is 12.1 Å². The van der Waals surface area contributed by atoms with Crippen LogP contribution in [0.25, 0.3) is 0 Å². The van der Waals surface area contributed by atoms with E-state index >= 15 is 0 Å². The SMILES string of the molecule is COC(=O)c1cc(CC(=O)O)ccc1CC(=O)O. The number of carbonyl (C=O) groups is 3. The summed E-state index contributed by atoms with van der Waals surface area (Å²) in [5.74, 6) is -2.79. The third-order valence-corrected chi connectivity index (χ3v) is 2.28. The number of hydrogen-bond acceptors (Lipinski definition) is 4. The lowest BCUT2D eigenvalue weighted by Crippen LogP contribution is -2.11. The first-order valence-electron chi connectivity index (χ1n) is 5.07. The first-order chi connectivity index (χ1) is 8.43. The molecule has 18 heavy (non-hydrogen) atoms. The van der Waals surface area contributed by atoms with Crippen LogP contribution in [0.3, 0.4) is 0 Å². The number of rotatable bonds is 5. The molecule has 1 rings (SSSR count). The molecule has 0 aliphatic rings. The Kier molecular flexibility index (Phi) is 4.42. The number of carboxylic acid groups (broad SMARTS) is 2. The van der Waals surface area contributed by atoms with E-state index < -0.39 is 17.9 Å². The molecular weight excluding hydrogens is 240 g/mol. The minimum atomic E-state index is -1.08. The lowest BCUT2D eigenvalue weighted by atomic mass is 10.00. The second-order valence-electron chi connectivity index (χ2n) is 3.62. The van der Waals surface area contributed by atoms with E-state index in [-0.39, 0.29) is 18.4 Å². The van der Waals surface area contributed by atoms with Crippen LogP contribution in [0.15, 0.2) is 18.2 Å². The van der Waals surface area contributed by atoms with Crippen molar-refractivity contribution in [3.05, 3.63) is 34.9 Å². The predicted molar refractivity (Wildman–Crippen MR) is 60.5 cm³/mol. The zero-order valence-corrected chi connectivity index (χ0v) is 9.67. The normalized spacial score (nSPS) is 9.83. The number of hydrogen-bond donors (Lipinski definition) is 2. The maximum Gasteiger partial charge on any atom is 0.338 e. The molecule has 6 heteroatoms. The molecule has 0 radical (unpaired) electrons. The van der Waals surface area contributed by atoms with E-state index in [9.17, 15) is 14.4 Å². The molecule has 0 amide bonds. The summed E-state index contributed by atoms with van der Waals surface area (Å²) in [6, 6.07) is 4.26. The molecule has 0 bridgehead atoms. The van der Waals surface area contributed by atoms with Gasteiger partial charge < -0.3 is 14.9 Å². The lowest BCUT2D eigenvalue weighted by molar-refractivity contribution is -0.137. The fourth-order valence-electron chi connectivity index (χ4n) is 1.53. The smallest absolute Gasteiger partial charge is 0.338 e. The van der Waals surface area contributed by atoms with Gasteiger partial charge in [-0.2, -0.15) is 0 Å². The van der Waals surface area contributed by atoms with E-state index in [2.05, 4.69) is 4.74 Å². The molecule has 2 N–H and O–H groups in total. The number of ether oxygens (including phenoxy) is 1. The van der Waals surface area contributed by atoms with Crippen LogP contribution in [0.1, 0.15) is 21.5 Å². The van der Waals surface area contributed by atoms with Gasteiger partial charge in [0.05, 0.1) is 25.5 Å². The maximum absolute atomic E-state index is 11.5. The van der Waals surface area contributed by atoms with E-state index in [0.29, 0.717) is 11.1 Å². The standard InChI is InChI=1S/C12H12O6/c1-18-12(17)9-4-7(5-10(13)14)2-3-8(9)6-11(15)16/h2-4H,5-6H2,1H3,(H,13,14)(H,15,16). The number of carbonyl (C=O) groups excluding carboxylic acids is 1. The Morgan fingerprint density at radius 1 is 1.11 bits per heavy atom. The summed E-state index contributed by atoms with van der Waals surface area (Å²) in [5.41, 5.74) is 0.791. The lowest BCUT2D eigenvalue weighted by Gasteiger charge is -2.08. The van der Waals surface area contributed by atoms with Crippen LogP contribution in [-0.4, -0.2) is 35.2 Å². The molecule has 0 aliphatic heterocycles. The third-order valence-electron chi connectivity index (χ3n) is 2.28.